The number of hydrogen-bond acceptors (Lipinski definition) is 3. The molecule has 13 heavy (non-hydrogen) atoms. The summed E-state index contributed by atoms with van der Waals surface area (Å²) in [6.45, 7) is 1.57. The second-order valence-electron chi connectivity index (χ2n) is 3.24. The average molecular weight is 180 g/mol. The average Bonchev–Trinajstić information content (AvgIpc) is 2.67. The van der Waals surface area contributed by atoms with Gasteiger partial charge in [-0.2, -0.15) is 0 Å². The van der Waals surface area contributed by atoms with Crippen LogP contribution in [0.15, 0.2) is 16.7 Å². The maximum Gasteiger partial charge on any atom is 0.185 e. The second kappa shape index (κ2) is 3.75. The van der Waals surface area contributed by atoms with Crippen LogP contribution in [0, 0.1) is 0 Å². The summed E-state index contributed by atoms with van der Waals surface area (Å²) in [4.78, 5) is 10.6. The van der Waals surface area contributed by atoms with Crippen LogP contribution in [0.25, 0.3) is 0 Å². The molecule has 0 spiro atoms. The van der Waals surface area contributed by atoms with Crippen LogP contribution in [0.2, 0.25) is 0 Å². The lowest BCUT2D eigenvalue weighted by atomic mass is 9.92. The third-order valence-electron chi connectivity index (χ3n) is 2.50. The van der Waals surface area contributed by atoms with Crippen molar-refractivity contribution in [3.63, 3.8) is 0 Å². The Balaban J connectivity index is 2.17. The molecule has 1 aromatic rings. The Morgan fingerprint density at radius 2 is 2.15 bits per heavy atom. The minimum Gasteiger partial charge on any atom is -0.461 e. The van der Waals surface area contributed by atoms with Crippen molar-refractivity contribution in [2.45, 2.75) is 18.8 Å². The SMILES string of the molecule is O=Cc1occc1C1CCOCC1. The summed E-state index contributed by atoms with van der Waals surface area (Å²) in [5, 5.41) is 0. The Bertz CT molecular complexity index is 284. The molecule has 1 aliphatic heterocycles. The lowest BCUT2D eigenvalue weighted by molar-refractivity contribution is 0.0846. The van der Waals surface area contributed by atoms with E-state index in [1.165, 1.54) is 0 Å². The first-order valence-corrected chi connectivity index (χ1v) is 4.52. The van der Waals surface area contributed by atoms with Crippen LogP contribution in [0.1, 0.15) is 34.9 Å². The van der Waals surface area contributed by atoms with Gasteiger partial charge in [0.25, 0.3) is 0 Å². The van der Waals surface area contributed by atoms with Gasteiger partial charge in [0.2, 0.25) is 0 Å². The lowest BCUT2D eigenvalue weighted by Gasteiger charge is -2.21. The van der Waals surface area contributed by atoms with E-state index in [9.17, 15) is 4.79 Å². The zero-order chi connectivity index (χ0) is 9.10. The molecular weight excluding hydrogens is 168 g/mol. The molecule has 0 aromatic carbocycles. The first-order valence-electron chi connectivity index (χ1n) is 4.52. The van der Waals surface area contributed by atoms with E-state index in [1.807, 2.05) is 6.07 Å². The Kier molecular flexibility index (Phi) is 2.45. The van der Waals surface area contributed by atoms with E-state index >= 15 is 0 Å². The fourth-order valence-electron chi connectivity index (χ4n) is 1.77. The molecule has 1 aliphatic rings. The highest BCUT2D eigenvalue weighted by Gasteiger charge is 2.20. The smallest absolute Gasteiger partial charge is 0.185 e. The van der Waals surface area contributed by atoms with Crippen molar-refractivity contribution in [2.24, 2.45) is 0 Å². The van der Waals surface area contributed by atoms with Crippen LogP contribution in [0.4, 0.5) is 0 Å². The summed E-state index contributed by atoms with van der Waals surface area (Å²) in [7, 11) is 0. The number of aldehydes is 1. The van der Waals surface area contributed by atoms with E-state index in [4.69, 9.17) is 9.15 Å². The first kappa shape index (κ1) is 8.51. The summed E-state index contributed by atoms with van der Waals surface area (Å²) < 4.78 is 10.3. The van der Waals surface area contributed by atoms with Crippen LogP contribution < -0.4 is 0 Å². The molecule has 0 bridgehead atoms. The normalized spacial score (nSPS) is 18.8. The molecule has 0 amide bonds. The molecule has 2 heterocycles. The number of hydrogen-bond donors (Lipinski definition) is 0. The molecule has 2 rings (SSSR count). The Hall–Kier alpha value is -1.09. The number of carbonyl (C=O) groups excluding carboxylic acids is 1. The van der Waals surface area contributed by atoms with Gasteiger partial charge in [0, 0.05) is 18.8 Å². The Morgan fingerprint density at radius 3 is 2.85 bits per heavy atom. The highest BCUT2D eigenvalue weighted by atomic mass is 16.5. The van der Waals surface area contributed by atoms with Gasteiger partial charge in [-0.15, -0.1) is 0 Å². The van der Waals surface area contributed by atoms with Crippen molar-refractivity contribution in [3.05, 3.63) is 23.7 Å². The molecule has 0 radical (unpaired) electrons. The molecule has 1 fully saturated rings. The Labute approximate surface area is 76.7 Å². The predicted octanol–water partition coefficient (Wildman–Crippen LogP) is 1.99. The number of ether oxygens (including phenoxy) is 1. The fourth-order valence-corrected chi connectivity index (χ4v) is 1.77. The predicted molar refractivity (Wildman–Crippen MR) is 46.9 cm³/mol. The molecular formula is C10H12O3. The van der Waals surface area contributed by atoms with Crippen molar-refractivity contribution in [2.75, 3.05) is 13.2 Å². The lowest BCUT2D eigenvalue weighted by Crippen LogP contribution is -2.14. The monoisotopic (exact) mass is 180 g/mol. The zero-order valence-electron chi connectivity index (χ0n) is 7.36. The van der Waals surface area contributed by atoms with Crippen molar-refractivity contribution < 1.29 is 13.9 Å². The minimum absolute atomic E-state index is 0.438. The maximum atomic E-state index is 10.6. The van der Waals surface area contributed by atoms with Gasteiger partial charge in [0.05, 0.1) is 6.26 Å². The molecule has 1 saturated heterocycles. The van der Waals surface area contributed by atoms with Gasteiger partial charge in [0.1, 0.15) is 0 Å². The van der Waals surface area contributed by atoms with Crippen molar-refractivity contribution >= 4 is 6.29 Å². The van der Waals surface area contributed by atoms with Crippen molar-refractivity contribution in [1.29, 1.82) is 0 Å². The number of rotatable bonds is 2. The van der Waals surface area contributed by atoms with Crippen molar-refractivity contribution in [1.82, 2.24) is 0 Å². The molecule has 0 N–H and O–H groups in total. The van der Waals surface area contributed by atoms with Gasteiger partial charge in [0.15, 0.2) is 12.0 Å². The number of carbonyl (C=O) groups is 1. The molecule has 0 unspecified atom stereocenters. The summed E-state index contributed by atoms with van der Waals surface area (Å²) in [5.41, 5.74) is 1.04. The molecule has 70 valence electrons. The van der Waals surface area contributed by atoms with E-state index in [-0.39, 0.29) is 0 Å². The van der Waals surface area contributed by atoms with Crippen LogP contribution in [-0.4, -0.2) is 19.5 Å². The molecule has 3 nitrogen and oxygen atoms in total. The zero-order valence-corrected chi connectivity index (χ0v) is 7.36. The summed E-state index contributed by atoms with van der Waals surface area (Å²) >= 11 is 0. The van der Waals surface area contributed by atoms with Crippen LogP contribution in [0.3, 0.4) is 0 Å². The standard InChI is InChI=1S/C10H12O3/c11-7-10-9(3-6-13-10)8-1-4-12-5-2-8/h3,6-8H,1-2,4-5H2. The van der Waals surface area contributed by atoms with E-state index in [2.05, 4.69) is 0 Å². The highest BCUT2D eigenvalue weighted by Crippen LogP contribution is 2.29. The van der Waals surface area contributed by atoms with E-state index in [1.54, 1.807) is 6.26 Å². The van der Waals surface area contributed by atoms with Crippen molar-refractivity contribution in [3.8, 4) is 0 Å². The van der Waals surface area contributed by atoms with Crippen LogP contribution in [-0.2, 0) is 4.74 Å². The highest BCUT2D eigenvalue weighted by molar-refractivity contribution is 5.73. The van der Waals surface area contributed by atoms with Gasteiger partial charge in [-0.25, -0.2) is 0 Å². The topological polar surface area (TPSA) is 39.4 Å². The van der Waals surface area contributed by atoms with E-state index in [0.29, 0.717) is 11.7 Å². The quantitative estimate of drug-likeness (QED) is 0.653. The van der Waals surface area contributed by atoms with Gasteiger partial charge in [-0.3, -0.25) is 4.79 Å². The molecule has 0 saturated carbocycles. The minimum atomic E-state index is 0.438. The third-order valence-corrected chi connectivity index (χ3v) is 2.50. The largest absolute Gasteiger partial charge is 0.461 e. The molecule has 0 atom stereocenters. The third kappa shape index (κ3) is 1.65. The van der Waals surface area contributed by atoms with E-state index < -0.39 is 0 Å². The fraction of sp³-hybridized carbons (Fsp3) is 0.500. The van der Waals surface area contributed by atoms with Gasteiger partial charge >= 0.3 is 0 Å². The Morgan fingerprint density at radius 1 is 1.38 bits per heavy atom. The summed E-state index contributed by atoms with van der Waals surface area (Å²) in [5.74, 6) is 0.916. The van der Waals surface area contributed by atoms with Crippen LogP contribution >= 0.6 is 0 Å². The van der Waals surface area contributed by atoms with Gasteiger partial charge in [-0.05, 0) is 24.8 Å². The maximum absolute atomic E-state index is 10.6. The molecule has 3 heteroatoms. The first-order chi connectivity index (χ1) is 6.42. The number of furan rings is 1. The molecule has 1 aromatic heterocycles. The summed E-state index contributed by atoms with van der Waals surface area (Å²) in [6.07, 6.45) is 4.33. The van der Waals surface area contributed by atoms with Gasteiger partial charge < -0.3 is 9.15 Å². The van der Waals surface area contributed by atoms with E-state index in [0.717, 1.165) is 37.9 Å². The van der Waals surface area contributed by atoms with Crippen LogP contribution in [0.5, 0.6) is 0 Å². The molecule has 0 aliphatic carbocycles. The van der Waals surface area contributed by atoms with Gasteiger partial charge in [-0.1, -0.05) is 0 Å². The summed E-state index contributed by atoms with van der Waals surface area (Å²) in [6, 6.07) is 1.89. The second-order valence-corrected chi connectivity index (χ2v) is 3.24.